The molecule has 1 aromatic carbocycles. The van der Waals surface area contributed by atoms with Crippen LogP contribution < -0.4 is 10.7 Å². The van der Waals surface area contributed by atoms with E-state index in [4.69, 9.17) is 5.84 Å². The van der Waals surface area contributed by atoms with Crippen LogP contribution in [-0.2, 0) is 11.0 Å². The minimum absolute atomic E-state index is 0.690. The number of nitrogens with two attached hydrogens (primary N) is 1. The molecule has 0 saturated heterocycles. The average molecular weight is 202 g/mol. The van der Waals surface area contributed by atoms with Crippen LogP contribution in [0.3, 0.4) is 0 Å². The highest BCUT2D eigenvalue weighted by Gasteiger charge is 1.99. The fraction of sp³-hybridized carbons (Fsp3) is 0.143. The number of nitrogens with one attached hydrogen (secondary N) is 1. The fourth-order valence-electron chi connectivity index (χ4n) is 0.767. The van der Waals surface area contributed by atoms with Crippen LogP contribution in [0, 0.1) is 0 Å². The van der Waals surface area contributed by atoms with Crippen molar-refractivity contribution in [2.24, 2.45) is 5.84 Å². The van der Waals surface area contributed by atoms with Gasteiger partial charge in [0, 0.05) is 4.90 Å². The molecule has 0 bridgehead atoms. The van der Waals surface area contributed by atoms with E-state index in [9.17, 15) is 4.21 Å². The number of thioether (sulfide) groups is 1. The van der Waals surface area contributed by atoms with Gasteiger partial charge in [0.2, 0.25) is 0 Å². The normalized spacial score (nSPS) is 12.8. The van der Waals surface area contributed by atoms with Gasteiger partial charge in [-0.05, 0) is 30.5 Å². The minimum atomic E-state index is -1.28. The maximum absolute atomic E-state index is 11.1. The van der Waals surface area contributed by atoms with Crippen LogP contribution in [0.5, 0.6) is 0 Å². The Morgan fingerprint density at radius 1 is 1.42 bits per heavy atom. The van der Waals surface area contributed by atoms with Crippen LogP contribution >= 0.6 is 11.8 Å². The van der Waals surface area contributed by atoms with Crippen LogP contribution in [0.25, 0.3) is 0 Å². The summed E-state index contributed by atoms with van der Waals surface area (Å²) in [5.41, 5.74) is 0. The highest BCUT2D eigenvalue weighted by atomic mass is 32.2. The molecule has 3 N–H and O–H groups in total. The van der Waals surface area contributed by atoms with Gasteiger partial charge < -0.3 is 0 Å². The Hall–Kier alpha value is -0.360. The van der Waals surface area contributed by atoms with Gasteiger partial charge in [0.05, 0.1) is 4.90 Å². The van der Waals surface area contributed by atoms with Gasteiger partial charge in [0.25, 0.3) is 0 Å². The van der Waals surface area contributed by atoms with Gasteiger partial charge >= 0.3 is 0 Å². The Morgan fingerprint density at radius 2 is 2.00 bits per heavy atom. The number of benzene rings is 1. The lowest BCUT2D eigenvalue weighted by Gasteiger charge is -2.00. The van der Waals surface area contributed by atoms with Crippen molar-refractivity contribution in [3.05, 3.63) is 24.3 Å². The summed E-state index contributed by atoms with van der Waals surface area (Å²) in [7, 11) is -1.28. The summed E-state index contributed by atoms with van der Waals surface area (Å²) in [6.07, 6.45) is 1.99. The SMILES string of the molecule is CSc1ccc(S(=O)NN)cc1. The van der Waals surface area contributed by atoms with Crippen molar-refractivity contribution in [3.63, 3.8) is 0 Å². The Balaban J connectivity index is 2.84. The van der Waals surface area contributed by atoms with Gasteiger partial charge in [-0.2, -0.15) is 4.83 Å². The summed E-state index contributed by atoms with van der Waals surface area (Å²) in [5.74, 6) is 5.02. The Morgan fingerprint density at radius 3 is 2.42 bits per heavy atom. The summed E-state index contributed by atoms with van der Waals surface area (Å²) in [4.78, 5) is 4.02. The zero-order valence-corrected chi connectivity index (χ0v) is 8.24. The lowest BCUT2D eigenvalue weighted by atomic mass is 10.4. The van der Waals surface area contributed by atoms with E-state index >= 15 is 0 Å². The molecule has 0 fully saturated rings. The van der Waals surface area contributed by atoms with E-state index in [1.807, 2.05) is 18.4 Å². The zero-order valence-electron chi connectivity index (χ0n) is 6.61. The van der Waals surface area contributed by atoms with Gasteiger partial charge in [-0.25, -0.2) is 4.21 Å². The summed E-state index contributed by atoms with van der Waals surface area (Å²) in [5, 5.41) is 0. The molecule has 0 aromatic heterocycles. The lowest BCUT2D eigenvalue weighted by Crippen LogP contribution is -2.24. The minimum Gasteiger partial charge on any atom is -0.259 e. The predicted octanol–water partition coefficient (Wildman–Crippen LogP) is 0.894. The van der Waals surface area contributed by atoms with Crippen LogP contribution in [0.1, 0.15) is 0 Å². The molecule has 0 radical (unpaired) electrons. The Kier molecular flexibility index (Phi) is 3.74. The van der Waals surface area contributed by atoms with Gasteiger partial charge in [-0.15, -0.1) is 11.8 Å². The monoisotopic (exact) mass is 202 g/mol. The van der Waals surface area contributed by atoms with Gasteiger partial charge in [0.15, 0.2) is 0 Å². The molecule has 0 aliphatic heterocycles. The first-order chi connectivity index (χ1) is 5.77. The first kappa shape index (κ1) is 9.73. The number of rotatable bonds is 3. The van der Waals surface area contributed by atoms with Crippen molar-refractivity contribution in [1.82, 2.24) is 4.83 Å². The largest absolute Gasteiger partial charge is 0.259 e. The molecular weight excluding hydrogens is 192 g/mol. The molecule has 3 nitrogen and oxygen atoms in total. The second-order valence-corrected chi connectivity index (χ2v) is 4.19. The molecule has 66 valence electrons. The van der Waals surface area contributed by atoms with Gasteiger partial charge in [0.1, 0.15) is 11.0 Å². The third kappa shape index (κ3) is 2.31. The number of hydrazine groups is 1. The molecule has 0 aliphatic rings. The third-order valence-electron chi connectivity index (χ3n) is 1.38. The Bertz CT molecular complexity index is 273. The molecule has 1 aromatic rings. The van der Waals surface area contributed by atoms with Crippen LogP contribution in [0.4, 0.5) is 0 Å². The maximum Gasteiger partial charge on any atom is 0.138 e. The second-order valence-electron chi connectivity index (χ2n) is 2.06. The van der Waals surface area contributed by atoms with Crippen LogP contribution in [0.15, 0.2) is 34.1 Å². The van der Waals surface area contributed by atoms with E-state index in [1.54, 1.807) is 23.9 Å². The highest BCUT2D eigenvalue weighted by molar-refractivity contribution is 7.98. The van der Waals surface area contributed by atoms with E-state index in [-0.39, 0.29) is 0 Å². The molecular formula is C7H10N2OS2. The quantitative estimate of drug-likeness (QED) is 0.435. The summed E-state index contributed by atoms with van der Waals surface area (Å²) in [6, 6.07) is 7.41. The van der Waals surface area contributed by atoms with Crippen molar-refractivity contribution in [1.29, 1.82) is 0 Å². The van der Waals surface area contributed by atoms with Crippen LogP contribution in [0.2, 0.25) is 0 Å². The molecule has 0 amide bonds. The molecule has 0 spiro atoms. The van der Waals surface area contributed by atoms with E-state index in [1.165, 1.54) is 0 Å². The van der Waals surface area contributed by atoms with Crippen molar-refractivity contribution in [3.8, 4) is 0 Å². The van der Waals surface area contributed by atoms with Crippen molar-refractivity contribution in [2.75, 3.05) is 6.26 Å². The van der Waals surface area contributed by atoms with Gasteiger partial charge in [-0.3, -0.25) is 5.84 Å². The molecule has 0 saturated carbocycles. The topological polar surface area (TPSA) is 55.1 Å². The van der Waals surface area contributed by atoms with Crippen molar-refractivity contribution in [2.45, 2.75) is 9.79 Å². The first-order valence-electron chi connectivity index (χ1n) is 3.30. The smallest absolute Gasteiger partial charge is 0.138 e. The van der Waals surface area contributed by atoms with E-state index in [2.05, 4.69) is 4.83 Å². The lowest BCUT2D eigenvalue weighted by molar-refractivity contribution is 0.674. The van der Waals surface area contributed by atoms with E-state index in [0.717, 1.165) is 4.90 Å². The third-order valence-corrected chi connectivity index (χ3v) is 3.04. The van der Waals surface area contributed by atoms with Crippen molar-refractivity contribution >= 4 is 22.7 Å². The summed E-state index contributed by atoms with van der Waals surface area (Å²) in [6.45, 7) is 0. The van der Waals surface area contributed by atoms with Gasteiger partial charge in [-0.1, -0.05) is 0 Å². The highest BCUT2D eigenvalue weighted by Crippen LogP contribution is 2.15. The predicted molar refractivity (Wildman–Crippen MR) is 52.0 cm³/mol. The average Bonchev–Trinajstić information content (AvgIpc) is 2.17. The summed E-state index contributed by atoms with van der Waals surface area (Å²) < 4.78 is 11.1. The summed E-state index contributed by atoms with van der Waals surface area (Å²) >= 11 is 1.65. The molecule has 0 heterocycles. The fourth-order valence-corrected chi connectivity index (χ4v) is 1.69. The standard InChI is InChI=1S/C7H10N2OS2/c1-11-6-2-4-7(5-3-6)12(10)9-8/h2-5,9H,8H2,1H3. The number of hydrogen-bond acceptors (Lipinski definition) is 3. The molecule has 12 heavy (non-hydrogen) atoms. The number of hydrogen-bond donors (Lipinski definition) is 2. The zero-order chi connectivity index (χ0) is 8.97. The molecule has 1 unspecified atom stereocenters. The second kappa shape index (κ2) is 4.61. The van der Waals surface area contributed by atoms with Crippen LogP contribution in [-0.4, -0.2) is 10.5 Å². The Labute approximate surface area is 78.3 Å². The first-order valence-corrected chi connectivity index (χ1v) is 5.67. The van der Waals surface area contributed by atoms with Crippen molar-refractivity contribution < 1.29 is 4.21 Å². The molecule has 5 heteroatoms. The van der Waals surface area contributed by atoms with E-state index < -0.39 is 11.0 Å². The molecule has 1 atom stereocenters. The maximum atomic E-state index is 11.1. The molecule has 0 aliphatic carbocycles. The molecule has 1 rings (SSSR count). The van der Waals surface area contributed by atoms with E-state index in [0.29, 0.717) is 4.90 Å².